The minimum Gasteiger partial charge on any atom is -0.493 e. The van der Waals surface area contributed by atoms with Gasteiger partial charge in [-0.25, -0.2) is 0 Å². The quantitative estimate of drug-likeness (QED) is 0.615. The van der Waals surface area contributed by atoms with E-state index in [-0.39, 0.29) is 12.5 Å². The number of nitrogens with zero attached hydrogens (tertiary/aromatic N) is 2. The monoisotopic (exact) mass is 346 g/mol. The molecule has 0 saturated heterocycles. The molecule has 0 atom stereocenters. The molecule has 5 nitrogen and oxygen atoms in total. The summed E-state index contributed by atoms with van der Waals surface area (Å²) in [4.78, 5) is 12.8. The number of amides is 1. The number of benzene rings is 2. The van der Waals surface area contributed by atoms with Crippen molar-refractivity contribution in [2.45, 2.75) is 6.92 Å². The van der Waals surface area contributed by atoms with Crippen molar-refractivity contribution < 1.29 is 14.3 Å². The van der Waals surface area contributed by atoms with Gasteiger partial charge in [0.25, 0.3) is 5.91 Å². The minimum absolute atomic E-state index is 0.105. The second kappa shape index (κ2) is 7.58. The molecule has 0 N–H and O–H groups in total. The molecular weight excluding hydrogens is 328 g/mol. The van der Waals surface area contributed by atoms with E-state index in [0.29, 0.717) is 28.3 Å². The summed E-state index contributed by atoms with van der Waals surface area (Å²) >= 11 is 0. The van der Waals surface area contributed by atoms with Crippen molar-refractivity contribution in [1.82, 2.24) is 0 Å². The third-order valence-electron chi connectivity index (χ3n) is 3.89. The molecule has 1 aliphatic rings. The average Bonchev–Trinajstić information content (AvgIpc) is 2.95. The lowest BCUT2D eigenvalue weighted by atomic mass is 10.1. The topological polar surface area (TPSA) is 51.1 Å². The molecular formula is C21H18N2O3. The van der Waals surface area contributed by atoms with Crippen molar-refractivity contribution in [2.75, 3.05) is 18.7 Å². The Kier molecular flexibility index (Phi) is 5.04. The van der Waals surface area contributed by atoms with Gasteiger partial charge in [-0.05, 0) is 31.2 Å². The van der Waals surface area contributed by atoms with Crippen LogP contribution < -0.4 is 14.5 Å². The molecule has 1 amide bonds. The average molecular weight is 346 g/mol. The van der Waals surface area contributed by atoms with Gasteiger partial charge in [0, 0.05) is 5.56 Å². The lowest BCUT2D eigenvalue weighted by Gasteiger charge is -2.13. The number of carbonyl (C=O) groups is 1. The zero-order valence-electron chi connectivity index (χ0n) is 14.6. The maximum absolute atomic E-state index is 12.8. The van der Waals surface area contributed by atoms with Crippen LogP contribution in [0.1, 0.15) is 12.5 Å². The number of para-hydroxylation sites is 2. The van der Waals surface area contributed by atoms with Gasteiger partial charge in [-0.3, -0.25) is 4.79 Å². The highest BCUT2D eigenvalue weighted by atomic mass is 16.5. The number of rotatable bonds is 5. The predicted molar refractivity (Wildman–Crippen MR) is 102 cm³/mol. The summed E-state index contributed by atoms with van der Waals surface area (Å²) in [6.07, 6.45) is 7.05. The number of hydrogen-bond acceptors (Lipinski definition) is 4. The van der Waals surface area contributed by atoms with Gasteiger partial charge in [-0.2, -0.15) is 10.1 Å². The van der Waals surface area contributed by atoms with Gasteiger partial charge in [-0.15, -0.1) is 6.42 Å². The summed E-state index contributed by atoms with van der Waals surface area (Å²) in [6.45, 7) is 1.91. The van der Waals surface area contributed by atoms with Crippen LogP contribution in [0.15, 0.2) is 59.2 Å². The Morgan fingerprint density at radius 1 is 1.19 bits per heavy atom. The summed E-state index contributed by atoms with van der Waals surface area (Å²) in [5, 5.41) is 5.77. The molecule has 0 spiro atoms. The second-order valence-corrected chi connectivity index (χ2v) is 5.57. The summed E-state index contributed by atoms with van der Waals surface area (Å²) < 4.78 is 11.0. The molecule has 3 rings (SSSR count). The molecule has 26 heavy (non-hydrogen) atoms. The maximum Gasteiger partial charge on any atom is 0.280 e. The van der Waals surface area contributed by atoms with Gasteiger partial charge in [0.15, 0.2) is 11.5 Å². The first-order valence-corrected chi connectivity index (χ1v) is 8.05. The van der Waals surface area contributed by atoms with Gasteiger partial charge < -0.3 is 9.47 Å². The third-order valence-corrected chi connectivity index (χ3v) is 3.89. The fourth-order valence-electron chi connectivity index (χ4n) is 2.66. The zero-order chi connectivity index (χ0) is 18.5. The number of methoxy groups -OCH3 is 1. The molecule has 1 aliphatic heterocycles. The van der Waals surface area contributed by atoms with Crippen LogP contribution in [0.5, 0.6) is 11.5 Å². The maximum atomic E-state index is 12.8. The van der Waals surface area contributed by atoms with E-state index in [1.54, 1.807) is 26.2 Å². The molecule has 0 aromatic heterocycles. The lowest BCUT2D eigenvalue weighted by molar-refractivity contribution is -0.114. The zero-order valence-corrected chi connectivity index (χ0v) is 14.6. The van der Waals surface area contributed by atoms with Crippen LogP contribution in [0.4, 0.5) is 5.69 Å². The SMILES string of the molecule is C#CCOc1c(/C=C2\C(=O)N(c3ccccc3)N=C2C)cccc1OC. The molecule has 0 fully saturated rings. The van der Waals surface area contributed by atoms with E-state index in [4.69, 9.17) is 15.9 Å². The van der Waals surface area contributed by atoms with Crippen LogP contribution in [0.3, 0.4) is 0 Å². The lowest BCUT2D eigenvalue weighted by Crippen LogP contribution is -2.21. The number of hydrazone groups is 1. The van der Waals surface area contributed by atoms with E-state index in [1.807, 2.05) is 42.5 Å². The van der Waals surface area contributed by atoms with Crippen LogP contribution in [0.2, 0.25) is 0 Å². The predicted octanol–water partition coefficient (Wildman–Crippen LogP) is 3.51. The van der Waals surface area contributed by atoms with Crippen molar-refractivity contribution in [2.24, 2.45) is 5.10 Å². The highest BCUT2D eigenvalue weighted by molar-refractivity contribution is 6.32. The first kappa shape index (κ1) is 17.3. The Morgan fingerprint density at radius 3 is 2.65 bits per heavy atom. The van der Waals surface area contributed by atoms with E-state index < -0.39 is 0 Å². The molecule has 5 heteroatoms. The van der Waals surface area contributed by atoms with Crippen molar-refractivity contribution in [3.63, 3.8) is 0 Å². The number of anilines is 1. The molecule has 0 bridgehead atoms. The van der Waals surface area contributed by atoms with Crippen molar-refractivity contribution >= 4 is 23.4 Å². The molecule has 0 unspecified atom stereocenters. The number of carbonyl (C=O) groups excluding carboxylic acids is 1. The molecule has 130 valence electrons. The smallest absolute Gasteiger partial charge is 0.280 e. The Morgan fingerprint density at radius 2 is 1.96 bits per heavy atom. The van der Waals surface area contributed by atoms with Gasteiger partial charge in [0.2, 0.25) is 0 Å². The van der Waals surface area contributed by atoms with E-state index in [2.05, 4.69) is 11.0 Å². The fourth-order valence-corrected chi connectivity index (χ4v) is 2.66. The first-order chi connectivity index (χ1) is 12.7. The van der Waals surface area contributed by atoms with Gasteiger partial charge in [0.1, 0.15) is 6.61 Å². The number of hydrogen-bond donors (Lipinski definition) is 0. The summed E-state index contributed by atoms with van der Waals surface area (Å²) in [7, 11) is 1.56. The third kappa shape index (κ3) is 3.31. The summed E-state index contributed by atoms with van der Waals surface area (Å²) in [5.74, 6) is 3.29. The standard InChI is InChI=1S/C21H18N2O3/c1-4-13-26-20-16(9-8-12-19(20)25-3)14-18-15(2)22-23(21(18)24)17-10-6-5-7-11-17/h1,5-12,14H,13H2,2-3H3/b18-14-. The second-order valence-electron chi connectivity index (χ2n) is 5.57. The van der Waals surface area contributed by atoms with Gasteiger partial charge in [-0.1, -0.05) is 36.3 Å². The van der Waals surface area contributed by atoms with Crippen LogP contribution in [0, 0.1) is 12.3 Å². The largest absolute Gasteiger partial charge is 0.493 e. The number of terminal acetylenes is 1. The van der Waals surface area contributed by atoms with Crippen LogP contribution >= 0.6 is 0 Å². The Balaban J connectivity index is 2.00. The molecule has 0 saturated carbocycles. The van der Waals surface area contributed by atoms with Crippen LogP contribution in [0.25, 0.3) is 6.08 Å². The van der Waals surface area contributed by atoms with Crippen molar-refractivity contribution in [1.29, 1.82) is 0 Å². The highest BCUT2D eigenvalue weighted by Crippen LogP contribution is 2.34. The van der Waals surface area contributed by atoms with Crippen molar-refractivity contribution in [3.8, 4) is 23.8 Å². The highest BCUT2D eigenvalue weighted by Gasteiger charge is 2.29. The molecule has 2 aromatic carbocycles. The van der Waals surface area contributed by atoms with E-state index in [0.717, 1.165) is 5.69 Å². The van der Waals surface area contributed by atoms with Gasteiger partial charge in [0.05, 0.1) is 24.1 Å². The van der Waals surface area contributed by atoms with E-state index in [9.17, 15) is 4.79 Å². The summed E-state index contributed by atoms with van der Waals surface area (Å²) in [5.41, 5.74) is 2.54. The van der Waals surface area contributed by atoms with E-state index in [1.165, 1.54) is 5.01 Å². The van der Waals surface area contributed by atoms with E-state index >= 15 is 0 Å². The Bertz CT molecular complexity index is 924. The van der Waals surface area contributed by atoms with Gasteiger partial charge >= 0.3 is 0 Å². The van der Waals surface area contributed by atoms with Crippen LogP contribution in [-0.2, 0) is 4.79 Å². The molecule has 0 radical (unpaired) electrons. The number of ether oxygens (including phenoxy) is 2. The Labute approximate surface area is 152 Å². The minimum atomic E-state index is -0.195. The molecule has 2 aromatic rings. The van der Waals surface area contributed by atoms with Crippen molar-refractivity contribution in [3.05, 3.63) is 59.7 Å². The van der Waals surface area contributed by atoms with Crippen LogP contribution in [-0.4, -0.2) is 25.3 Å². The first-order valence-electron chi connectivity index (χ1n) is 8.05. The Hall–Kier alpha value is -3.52. The molecule has 0 aliphatic carbocycles. The summed E-state index contributed by atoms with van der Waals surface area (Å²) in [6, 6.07) is 14.7. The fraction of sp³-hybridized carbons (Fsp3) is 0.143. The normalized spacial score (nSPS) is 15.0. The molecule has 1 heterocycles.